The summed E-state index contributed by atoms with van der Waals surface area (Å²) in [5, 5.41) is 32.4. The molecular weight excluding hydrogens is 332 g/mol. The van der Waals surface area contributed by atoms with Gasteiger partial charge in [0.1, 0.15) is 11.3 Å². The Labute approximate surface area is 156 Å². The van der Waals surface area contributed by atoms with Crippen LogP contribution in [0, 0.1) is 11.8 Å². The first-order chi connectivity index (χ1) is 11.9. The minimum absolute atomic E-state index is 0.0103. The van der Waals surface area contributed by atoms with Crippen molar-refractivity contribution in [2.45, 2.75) is 72.5 Å². The SMILES string of the molecule is CC(C)=CC[C@@H]1C(=O)C(C(=O)CC(C)C)=C(O)C1(O)[C@@H](O)CC=C(C)C. The zero-order valence-electron chi connectivity index (χ0n) is 16.7. The molecule has 0 aromatic heterocycles. The van der Waals surface area contributed by atoms with Crippen molar-refractivity contribution in [1.82, 2.24) is 0 Å². The summed E-state index contributed by atoms with van der Waals surface area (Å²) in [5.74, 6) is -2.84. The molecule has 3 atom stereocenters. The smallest absolute Gasteiger partial charge is 0.176 e. The molecule has 0 saturated heterocycles. The van der Waals surface area contributed by atoms with Crippen molar-refractivity contribution in [3.05, 3.63) is 34.6 Å². The number of Topliss-reactive ketones (excluding diaryl/α,β-unsaturated/α-hetero) is 2. The van der Waals surface area contributed by atoms with Gasteiger partial charge in [-0.1, -0.05) is 37.1 Å². The molecule has 1 aliphatic carbocycles. The zero-order chi connectivity index (χ0) is 20.2. The summed E-state index contributed by atoms with van der Waals surface area (Å²) in [4.78, 5) is 25.3. The second-order valence-corrected chi connectivity index (χ2v) is 8.04. The van der Waals surface area contributed by atoms with Crippen molar-refractivity contribution in [2.24, 2.45) is 11.8 Å². The van der Waals surface area contributed by atoms with E-state index in [9.17, 15) is 24.9 Å². The molecule has 26 heavy (non-hydrogen) atoms. The molecule has 5 nitrogen and oxygen atoms in total. The van der Waals surface area contributed by atoms with Crippen LogP contribution in [0.5, 0.6) is 0 Å². The number of ketones is 2. The summed E-state index contributed by atoms with van der Waals surface area (Å²) in [6.07, 6.45) is 2.43. The Morgan fingerprint density at radius 3 is 2.15 bits per heavy atom. The quantitative estimate of drug-likeness (QED) is 0.453. The van der Waals surface area contributed by atoms with E-state index in [0.717, 1.165) is 11.1 Å². The van der Waals surface area contributed by atoms with Gasteiger partial charge < -0.3 is 15.3 Å². The van der Waals surface area contributed by atoms with Gasteiger partial charge in [-0.05, 0) is 46.5 Å². The molecule has 0 aliphatic heterocycles. The van der Waals surface area contributed by atoms with Gasteiger partial charge >= 0.3 is 0 Å². The summed E-state index contributed by atoms with van der Waals surface area (Å²) in [6, 6.07) is 0. The molecule has 5 heteroatoms. The number of aliphatic hydroxyl groups is 3. The topological polar surface area (TPSA) is 94.8 Å². The van der Waals surface area contributed by atoms with Gasteiger partial charge in [-0.3, -0.25) is 9.59 Å². The standard InChI is InChI=1S/C21H32O5/c1-12(2)7-9-15-19(24)18(16(22)11-14(5)6)20(25)21(15,26)17(23)10-8-13(3)4/h7-8,14-15,17,23,25-26H,9-11H2,1-6H3/t15-,17+,21?/m1/s1. The van der Waals surface area contributed by atoms with E-state index in [1.165, 1.54) is 0 Å². The molecule has 3 N–H and O–H groups in total. The molecule has 1 unspecified atom stereocenters. The van der Waals surface area contributed by atoms with Crippen LogP contribution in [0.25, 0.3) is 0 Å². The molecule has 0 radical (unpaired) electrons. The number of allylic oxidation sites excluding steroid dienone is 4. The van der Waals surface area contributed by atoms with E-state index in [-0.39, 0.29) is 30.8 Å². The lowest BCUT2D eigenvalue weighted by Gasteiger charge is -2.33. The highest BCUT2D eigenvalue weighted by Crippen LogP contribution is 2.43. The highest BCUT2D eigenvalue weighted by atomic mass is 16.4. The predicted molar refractivity (Wildman–Crippen MR) is 102 cm³/mol. The van der Waals surface area contributed by atoms with Crippen LogP contribution in [-0.2, 0) is 9.59 Å². The van der Waals surface area contributed by atoms with Gasteiger partial charge in [-0.2, -0.15) is 0 Å². The maximum absolute atomic E-state index is 12.9. The van der Waals surface area contributed by atoms with Crippen molar-refractivity contribution < 1.29 is 24.9 Å². The third kappa shape index (κ3) is 4.71. The van der Waals surface area contributed by atoms with Crippen LogP contribution >= 0.6 is 0 Å². The van der Waals surface area contributed by atoms with E-state index in [1.54, 1.807) is 12.2 Å². The Morgan fingerprint density at radius 2 is 1.69 bits per heavy atom. The first-order valence-corrected chi connectivity index (χ1v) is 9.11. The van der Waals surface area contributed by atoms with Crippen LogP contribution in [0.3, 0.4) is 0 Å². The third-order valence-corrected chi connectivity index (χ3v) is 4.60. The number of carbonyl (C=O) groups excluding carboxylic acids is 2. The predicted octanol–water partition coefficient (Wildman–Crippen LogP) is 3.42. The van der Waals surface area contributed by atoms with E-state index in [2.05, 4.69) is 0 Å². The van der Waals surface area contributed by atoms with Gasteiger partial charge in [0.2, 0.25) is 0 Å². The van der Waals surface area contributed by atoms with E-state index in [1.807, 2.05) is 41.5 Å². The Morgan fingerprint density at radius 1 is 1.15 bits per heavy atom. The summed E-state index contributed by atoms with van der Waals surface area (Å²) in [7, 11) is 0. The van der Waals surface area contributed by atoms with E-state index >= 15 is 0 Å². The molecule has 0 aromatic rings. The minimum atomic E-state index is -2.16. The van der Waals surface area contributed by atoms with Gasteiger partial charge in [0.05, 0.1) is 12.0 Å². The Kier molecular flexibility index (Phi) is 7.54. The molecule has 0 bridgehead atoms. The minimum Gasteiger partial charge on any atom is -0.508 e. The third-order valence-electron chi connectivity index (χ3n) is 4.60. The van der Waals surface area contributed by atoms with Crippen LogP contribution in [0.2, 0.25) is 0 Å². The Bertz CT molecular complexity index is 645. The van der Waals surface area contributed by atoms with Crippen molar-refractivity contribution in [2.75, 3.05) is 0 Å². The van der Waals surface area contributed by atoms with Gasteiger partial charge in [0, 0.05) is 6.42 Å². The molecule has 0 aromatic carbocycles. The summed E-state index contributed by atoms with van der Waals surface area (Å²) in [5.41, 5.74) is -0.626. The molecule has 146 valence electrons. The maximum atomic E-state index is 12.9. The molecule has 0 amide bonds. The second kappa shape index (κ2) is 8.78. The molecule has 0 heterocycles. The Hall–Kier alpha value is -1.72. The maximum Gasteiger partial charge on any atom is 0.176 e. The van der Waals surface area contributed by atoms with Gasteiger partial charge in [0.25, 0.3) is 0 Å². The van der Waals surface area contributed by atoms with Crippen molar-refractivity contribution in [1.29, 1.82) is 0 Å². The molecule has 1 aliphatic rings. The fourth-order valence-corrected chi connectivity index (χ4v) is 3.16. The fraction of sp³-hybridized carbons (Fsp3) is 0.619. The van der Waals surface area contributed by atoms with Crippen LogP contribution in [0.4, 0.5) is 0 Å². The fourth-order valence-electron chi connectivity index (χ4n) is 3.16. The first kappa shape index (κ1) is 22.3. The number of hydrogen-bond donors (Lipinski definition) is 3. The van der Waals surface area contributed by atoms with Gasteiger partial charge in [-0.25, -0.2) is 0 Å². The van der Waals surface area contributed by atoms with Gasteiger partial charge in [-0.15, -0.1) is 0 Å². The lowest BCUT2D eigenvalue weighted by molar-refractivity contribution is -0.134. The van der Waals surface area contributed by atoms with Crippen molar-refractivity contribution >= 4 is 11.6 Å². The molecule has 0 spiro atoms. The molecule has 0 saturated carbocycles. The number of aliphatic hydroxyl groups excluding tert-OH is 2. The highest BCUT2D eigenvalue weighted by molar-refractivity contribution is 6.23. The average Bonchev–Trinajstić information content (AvgIpc) is 2.69. The van der Waals surface area contributed by atoms with Crippen LogP contribution in [0.15, 0.2) is 34.6 Å². The molecule has 1 rings (SSSR count). The number of carbonyl (C=O) groups is 2. The van der Waals surface area contributed by atoms with E-state index in [0.29, 0.717) is 0 Å². The largest absolute Gasteiger partial charge is 0.508 e. The molecule has 0 fully saturated rings. The monoisotopic (exact) mass is 364 g/mol. The highest BCUT2D eigenvalue weighted by Gasteiger charge is 2.58. The van der Waals surface area contributed by atoms with Crippen molar-refractivity contribution in [3.63, 3.8) is 0 Å². The molecular formula is C21H32O5. The van der Waals surface area contributed by atoms with Gasteiger partial charge in [0.15, 0.2) is 17.2 Å². The second-order valence-electron chi connectivity index (χ2n) is 8.04. The summed E-state index contributed by atoms with van der Waals surface area (Å²) < 4.78 is 0. The number of rotatable bonds is 8. The Balaban J connectivity index is 3.38. The first-order valence-electron chi connectivity index (χ1n) is 9.11. The summed E-state index contributed by atoms with van der Waals surface area (Å²) in [6.45, 7) is 11.1. The average molecular weight is 364 g/mol. The lowest BCUT2D eigenvalue weighted by atomic mass is 9.80. The number of hydrogen-bond acceptors (Lipinski definition) is 5. The zero-order valence-corrected chi connectivity index (χ0v) is 16.7. The van der Waals surface area contributed by atoms with Crippen molar-refractivity contribution in [3.8, 4) is 0 Å². The normalized spacial score (nSPS) is 24.0. The summed E-state index contributed by atoms with van der Waals surface area (Å²) >= 11 is 0. The lowest BCUT2D eigenvalue weighted by Crippen LogP contribution is -2.49. The van der Waals surface area contributed by atoms with Crippen LogP contribution in [-0.4, -0.2) is 38.6 Å². The van der Waals surface area contributed by atoms with Crippen LogP contribution in [0.1, 0.15) is 60.8 Å². The van der Waals surface area contributed by atoms with E-state index < -0.39 is 34.9 Å². The van der Waals surface area contributed by atoms with E-state index in [4.69, 9.17) is 0 Å². The van der Waals surface area contributed by atoms with Crippen LogP contribution < -0.4 is 0 Å².